The molecule has 2 aromatic carbocycles. The molecule has 0 unspecified atom stereocenters. The second-order valence-electron chi connectivity index (χ2n) is 5.70. The summed E-state index contributed by atoms with van der Waals surface area (Å²) in [5.41, 5.74) is 2.59. The molecule has 0 saturated heterocycles. The maximum atomic E-state index is 12.6. The second kappa shape index (κ2) is 9.81. The minimum atomic E-state index is -0.225. The highest BCUT2D eigenvalue weighted by Crippen LogP contribution is 2.18. The summed E-state index contributed by atoms with van der Waals surface area (Å²) in [6, 6.07) is 14.4. The highest BCUT2D eigenvalue weighted by Gasteiger charge is 2.17. The molecule has 2 rings (SSSR count). The van der Waals surface area contributed by atoms with Crippen molar-refractivity contribution in [2.45, 2.75) is 6.92 Å². The maximum absolute atomic E-state index is 12.6. The van der Waals surface area contributed by atoms with Crippen molar-refractivity contribution < 1.29 is 9.59 Å². The van der Waals surface area contributed by atoms with Crippen molar-refractivity contribution in [2.24, 2.45) is 0 Å². The fourth-order valence-corrected chi connectivity index (χ4v) is 2.35. The summed E-state index contributed by atoms with van der Waals surface area (Å²) in [5, 5.41) is 5.86. The molecule has 5 nitrogen and oxygen atoms in total. The number of nitrogens with one attached hydrogen (secondary N) is 2. The molecule has 134 valence electrons. The van der Waals surface area contributed by atoms with Crippen molar-refractivity contribution in [3.63, 3.8) is 0 Å². The van der Waals surface area contributed by atoms with Crippen molar-refractivity contribution in [2.75, 3.05) is 32.5 Å². The van der Waals surface area contributed by atoms with Gasteiger partial charge in [0, 0.05) is 25.7 Å². The van der Waals surface area contributed by atoms with Crippen LogP contribution in [-0.4, -0.2) is 43.9 Å². The van der Waals surface area contributed by atoms with Gasteiger partial charge < -0.3 is 15.5 Å². The largest absolute Gasteiger partial charge is 0.340 e. The summed E-state index contributed by atoms with van der Waals surface area (Å²) in [7, 11) is 3.59. The molecule has 0 heterocycles. The smallest absolute Gasteiger partial charge is 0.255 e. The maximum Gasteiger partial charge on any atom is 0.255 e. The molecule has 0 fully saturated rings. The summed E-state index contributed by atoms with van der Waals surface area (Å²) in [6.07, 6.45) is 0. The van der Waals surface area contributed by atoms with Crippen molar-refractivity contribution in [3.8, 4) is 0 Å². The standard InChI is InChI=1S/C19H23N3O2.ClH/c1-14-7-6-8-15(13-14)18(23)21-17-10-5-4-9-16(17)19(24)22(3)12-11-20-2;/h4-10,13,20H,11-12H2,1-3H3,(H,21,23);1H. The van der Waals surface area contributed by atoms with E-state index in [-0.39, 0.29) is 24.2 Å². The van der Waals surface area contributed by atoms with E-state index in [2.05, 4.69) is 10.6 Å². The van der Waals surface area contributed by atoms with Gasteiger partial charge in [-0.05, 0) is 38.2 Å². The van der Waals surface area contributed by atoms with Gasteiger partial charge in [0.25, 0.3) is 11.8 Å². The molecule has 6 heteroatoms. The highest BCUT2D eigenvalue weighted by atomic mass is 35.5. The van der Waals surface area contributed by atoms with Crippen LogP contribution in [0.2, 0.25) is 0 Å². The fourth-order valence-electron chi connectivity index (χ4n) is 2.35. The van der Waals surface area contributed by atoms with Crippen LogP contribution in [0.1, 0.15) is 26.3 Å². The van der Waals surface area contributed by atoms with E-state index in [9.17, 15) is 9.59 Å². The van der Waals surface area contributed by atoms with Gasteiger partial charge in [-0.25, -0.2) is 0 Å². The van der Waals surface area contributed by atoms with E-state index in [1.807, 2.05) is 32.2 Å². The van der Waals surface area contributed by atoms with Gasteiger partial charge in [-0.15, -0.1) is 12.4 Å². The Kier molecular flexibility index (Phi) is 8.11. The lowest BCUT2D eigenvalue weighted by atomic mass is 10.1. The molecule has 2 N–H and O–H groups in total. The summed E-state index contributed by atoms with van der Waals surface area (Å²) in [5.74, 6) is -0.345. The average Bonchev–Trinajstić information content (AvgIpc) is 2.59. The number of hydrogen-bond donors (Lipinski definition) is 2. The number of halogens is 1. The number of benzene rings is 2. The van der Waals surface area contributed by atoms with Crippen LogP contribution in [0.25, 0.3) is 0 Å². The van der Waals surface area contributed by atoms with E-state index in [0.29, 0.717) is 29.9 Å². The SMILES string of the molecule is CNCCN(C)C(=O)c1ccccc1NC(=O)c1cccc(C)c1.Cl. The molecule has 0 aliphatic rings. The van der Waals surface area contributed by atoms with E-state index < -0.39 is 0 Å². The van der Waals surface area contributed by atoms with Gasteiger partial charge in [-0.2, -0.15) is 0 Å². The number of rotatable bonds is 6. The number of likely N-dealkylation sites (N-methyl/N-ethyl adjacent to an activating group) is 2. The third kappa shape index (κ3) is 5.59. The molecule has 0 aliphatic carbocycles. The summed E-state index contributed by atoms with van der Waals surface area (Å²) >= 11 is 0. The lowest BCUT2D eigenvalue weighted by Gasteiger charge is -2.19. The number of hydrogen-bond acceptors (Lipinski definition) is 3. The number of aryl methyl sites for hydroxylation is 1. The van der Waals surface area contributed by atoms with E-state index in [1.54, 1.807) is 42.3 Å². The zero-order valence-corrected chi connectivity index (χ0v) is 15.5. The number of anilines is 1. The summed E-state index contributed by atoms with van der Waals surface area (Å²) in [6.45, 7) is 3.24. The van der Waals surface area contributed by atoms with Gasteiger partial charge in [0.1, 0.15) is 0 Å². The summed E-state index contributed by atoms with van der Waals surface area (Å²) < 4.78 is 0. The molecule has 0 saturated carbocycles. The number of carbonyl (C=O) groups is 2. The molecule has 2 aromatic rings. The van der Waals surface area contributed by atoms with Crippen LogP contribution in [0.4, 0.5) is 5.69 Å². The Morgan fingerprint density at radius 2 is 1.80 bits per heavy atom. The van der Waals surface area contributed by atoms with Crippen LogP contribution in [0.3, 0.4) is 0 Å². The first-order valence-corrected chi connectivity index (χ1v) is 7.90. The molecule has 0 radical (unpaired) electrons. The highest BCUT2D eigenvalue weighted by molar-refractivity contribution is 6.09. The zero-order valence-electron chi connectivity index (χ0n) is 14.7. The topological polar surface area (TPSA) is 61.4 Å². The van der Waals surface area contributed by atoms with E-state index >= 15 is 0 Å². The number of amides is 2. The molecule has 0 spiro atoms. The van der Waals surface area contributed by atoms with Crippen molar-refractivity contribution in [3.05, 3.63) is 65.2 Å². The Morgan fingerprint density at radius 1 is 1.08 bits per heavy atom. The van der Waals surface area contributed by atoms with Gasteiger partial charge in [0.05, 0.1) is 11.3 Å². The minimum Gasteiger partial charge on any atom is -0.340 e. The van der Waals surface area contributed by atoms with Gasteiger partial charge in [-0.3, -0.25) is 9.59 Å². The van der Waals surface area contributed by atoms with Crippen LogP contribution in [0.5, 0.6) is 0 Å². The minimum absolute atomic E-state index is 0. The van der Waals surface area contributed by atoms with Crippen LogP contribution >= 0.6 is 12.4 Å². The Hall–Kier alpha value is -2.37. The third-order valence-electron chi connectivity index (χ3n) is 3.73. The molecule has 25 heavy (non-hydrogen) atoms. The molecule has 0 bridgehead atoms. The van der Waals surface area contributed by atoms with E-state index in [4.69, 9.17) is 0 Å². The normalized spacial score (nSPS) is 9.88. The van der Waals surface area contributed by atoms with Gasteiger partial charge in [0.15, 0.2) is 0 Å². The molecule has 0 aromatic heterocycles. The number of carbonyl (C=O) groups excluding carboxylic acids is 2. The third-order valence-corrected chi connectivity index (χ3v) is 3.73. The predicted octanol–water partition coefficient (Wildman–Crippen LogP) is 2.96. The van der Waals surface area contributed by atoms with Crippen LogP contribution in [0, 0.1) is 6.92 Å². The lowest BCUT2D eigenvalue weighted by Crippen LogP contribution is -2.33. The van der Waals surface area contributed by atoms with Crippen molar-refractivity contribution in [1.29, 1.82) is 0 Å². The van der Waals surface area contributed by atoms with Gasteiger partial charge in [-0.1, -0.05) is 29.8 Å². The Labute approximate surface area is 154 Å². The first-order chi connectivity index (χ1) is 11.5. The monoisotopic (exact) mass is 361 g/mol. The van der Waals surface area contributed by atoms with Crippen LogP contribution < -0.4 is 10.6 Å². The van der Waals surface area contributed by atoms with Crippen LogP contribution in [-0.2, 0) is 0 Å². The van der Waals surface area contributed by atoms with Crippen LogP contribution in [0.15, 0.2) is 48.5 Å². The second-order valence-corrected chi connectivity index (χ2v) is 5.70. The molecular weight excluding hydrogens is 338 g/mol. The Balaban J connectivity index is 0.00000312. The Morgan fingerprint density at radius 3 is 2.48 bits per heavy atom. The van der Waals surface area contributed by atoms with E-state index in [1.165, 1.54) is 0 Å². The Bertz CT molecular complexity index is 734. The number of nitrogens with zero attached hydrogens (tertiary/aromatic N) is 1. The number of para-hydroxylation sites is 1. The van der Waals surface area contributed by atoms with Crippen molar-refractivity contribution >= 4 is 29.9 Å². The molecule has 2 amide bonds. The van der Waals surface area contributed by atoms with Gasteiger partial charge in [0.2, 0.25) is 0 Å². The summed E-state index contributed by atoms with van der Waals surface area (Å²) in [4.78, 5) is 26.7. The first-order valence-electron chi connectivity index (χ1n) is 7.90. The molecule has 0 atom stereocenters. The van der Waals surface area contributed by atoms with Gasteiger partial charge >= 0.3 is 0 Å². The lowest BCUT2D eigenvalue weighted by molar-refractivity contribution is 0.0798. The molecular formula is C19H24ClN3O2. The zero-order chi connectivity index (χ0) is 17.5. The van der Waals surface area contributed by atoms with Crippen molar-refractivity contribution in [1.82, 2.24) is 10.2 Å². The van der Waals surface area contributed by atoms with E-state index in [0.717, 1.165) is 5.56 Å². The average molecular weight is 362 g/mol. The fraction of sp³-hybridized carbons (Fsp3) is 0.263. The first kappa shape index (κ1) is 20.7. The molecule has 0 aliphatic heterocycles. The quantitative estimate of drug-likeness (QED) is 0.831. The predicted molar refractivity (Wildman–Crippen MR) is 104 cm³/mol.